The van der Waals surface area contributed by atoms with Crippen molar-refractivity contribution in [1.29, 1.82) is 0 Å². The number of Topliss-reactive ketones (excluding diaryl/α,β-unsaturated/α-hetero) is 1. The van der Waals surface area contributed by atoms with Crippen molar-refractivity contribution in [3.8, 4) is 17.2 Å². The van der Waals surface area contributed by atoms with E-state index in [1.807, 2.05) is 6.07 Å². The van der Waals surface area contributed by atoms with Crippen LogP contribution in [0.15, 0.2) is 72.6 Å². The minimum atomic E-state index is -0.806. The van der Waals surface area contributed by atoms with Gasteiger partial charge in [0.25, 0.3) is 11.7 Å². The smallest absolute Gasteiger partial charge is 0.295 e. The Balaban J connectivity index is 1.86. The zero-order valence-corrected chi connectivity index (χ0v) is 19.0. The van der Waals surface area contributed by atoms with Gasteiger partial charge in [0.05, 0.1) is 32.9 Å². The van der Waals surface area contributed by atoms with Gasteiger partial charge in [-0.15, -0.1) is 0 Å². The van der Waals surface area contributed by atoms with Gasteiger partial charge >= 0.3 is 0 Å². The molecule has 1 aliphatic heterocycles. The molecule has 8 heteroatoms. The number of likely N-dealkylation sites (tertiary alicyclic amines) is 1. The summed E-state index contributed by atoms with van der Waals surface area (Å²) in [5.41, 5.74) is 1.74. The molecule has 1 aliphatic rings. The summed E-state index contributed by atoms with van der Waals surface area (Å²) in [4.78, 5) is 31.9. The quantitative estimate of drug-likeness (QED) is 0.326. The summed E-state index contributed by atoms with van der Waals surface area (Å²) in [5.74, 6) is -0.273. The molecule has 1 fully saturated rings. The molecule has 2 aromatic carbocycles. The van der Waals surface area contributed by atoms with Crippen LogP contribution in [0.5, 0.6) is 17.2 Å². The van der Waals surface area contributed by atoms with Gasteiger partial charge in [0.2, 0.25) is 0 Å². The van der Waals surface area contributed by atoms with Crippen LogP contribution < -0.4 is 14.2 Å². The van der Waals surface area contributed by atoms with Crippen molar-refractivity contribution >= 4 is 17.4 Å². The van der Waals surface area contributed by atoms with Crippen LogP contribution in [-0.4, -0.2) is 48.0 Å². The number of pyridine rings is 1. The number of methoxy groups -OCH3 is 3. The van der Waals surface area contributed by atoms with Crippen LogP contribution in [0.25, 0.3) is 5.76 Å². The Morgan fingerprint density at radius 1 is 0.971 bits per heavy atom. The first-order valence-electron chi connectivity index (χ1n) is 10.5. The molecule has 3 aromatic rings. The molecule has 1 N–H and O–H groups in total. The number of carbonyl (C=O) groups excluding carboxylic acids is 2. The highest BCUT2D eigenvalue weighted by Gasteiger charge is 2.46. The van der Waals surface area contributed by atoms with Crippen LogP contribution in [0.1, 0.15) is 22.7 Å². The summed E-state index contributed by atoms with van der Waals surface area (Å²) in [6.07, 6.45) is 3.27. The van der Waals surface area contributed by atoms with Gasteiger partial charge in [-0.05, 0) is 47.5 Å². The van der Waals surface area contributed by atoms with E-state index in [9.17, 15) is 14.7 Å². The van der Waals surface area contributed by atoms with Crippen LogP contribution in [0, 0.1) is 0 Å². The number of nitrogens with zero attached hydrogens (tertiary/aromatic N) is 2. The standard InChI is InChI=1S/C26H24N2O6/c1-32-19-9-6-17(7-10-19)23-22(24(29)18-8-11-20(33-2)21(13-18)34-3)25(30)26(31)28(23)15-16-5-4-12-27-14-16/h4-14,23,29H,15H2,1-3H3/t23-/m0/s1. The number of rotatable bonds is 7. The van der Waals surface area contributed by atoms with Gasteiger partial charge in [0.15, 0.2) is 11.5 Å². The minimum absolute atomic E-state index is 0.00808. The summed E-state index contributed by atoms with van der Waals surface area (Å²) in [6, 6.07) is 14.6. The van der Waals surface area contributed by atoms with Gasteiger partial charge in [-0.3, -0.25) is 14.6 Å². The van der Waals surface area contributed by atoms with Crippen molar-refractivity contribution in [3.05, 3.63) is 89.3 Å². The lowest BCUT2D eigenvalue weighted by Crippen LogP contribution is -2.29. The maximum Gasteiger partial charge on any atom is 0.295 e. The molecule has 174 valence electrons. The number of ketones is 1. The highest BCUT2D eigenvalue weighted by Crippen LogP contribution is 2.41. The Hall–Kier alpha value is -4.33. The number of hydrogen-bond acceptors (Lipinski definition) is 7. The monoisotopic (exact) mass is 460 g/mol. The van der Waals surface area contributed by atoms with Gasteiger partial charge in [0.1, 0.15) is 11.5 Å². The Bertz CT molecular complexity index is 1240. The van der Waals surface area contributed by atoms with E-state index >= 15 is 0 Å². The van der Waals surface area contributed by atoms with E-state index in [4.69, 9.17) is 14.2 Å². The Kier molecular flexibility index (Phi) is 6.49. The molecule has 1 amide bonds. The Labute approximate surface area is 197 Å². The molecular formula is C26H24N2O6. The molecule has 34 heavy (non-hydrogen) atoms. The summed E-state index contributed by atoms with van der Waals surface area (Å²) in [5, 5.41) is 11.3. The topological polar surface area (TPSA) is 98.2 Å². The largest absolute Gasteiger partial charge is 0.507 e. The molecule has 0 bridgehead atoms. The molecule has 0 unspecified atom stereocenters. The third-order valence-corrected chi connectivity index (χ3v) is 5.70. The number of benzene rings is 2. The molecule has 4 rings (SSSR count). The molecule has 2 heterocycles. The highest BCUT2D eigenvalue weighted by molar-refractivity contribution is 6.46. The van der Waals surface area contributed by atoms with E-state index in [2.05, 4.69) is 4.98 Å². The van der Waals surface area contributed by atoms with E-state index in [0.29, 0.717) is 28.4 Å². The second kappa shape index (κ2) is 9.66. The number of carbonyl (C=O) groups is 2. The maximum absolute atomic E-state index is 13.2. The number of aliphatic hydroxyl groups is 1. The summed E-state index contributed by atoms with van der Waals surface area (Å²) in [6.45, 7) is 0.151. The van der Waals surface area contributed by atoms with Crippen molar-refractivity contribution < 1.29 is 28.9 Å². The van der Waals surface area contributed by atoms with Gasteiger partial charge < -0.3 is 24.2 Å². The van der Waals surface area contributed by atoms with Gasteiger partial charge in [-0.25, -0.2) is 0 Å². The van der Waals surface area contributed by atoms with E-state index in [-0.39, 0.29) is 17.9 Å². The predicted molar refractivity (Wildman–Crippen MR) is 125 cm³/mol. The SMILES string of the molecule is COc1ccc([C@H]2C(=C(O)c3ccc(OC)c(OC)c3)C(=O)C(=O)N2Cc2cccnc2)cc1. The third-order valence-electron chi connectivity index (χ3n) is 5.70. The average Bonchev–Trinajstić information content (AvgIpc) is 3.13. The molecule has 8 nitrogen and oxygen atoms in total. The zero-order chi connectivity index (χ0) is 24.2. The third kappa shape index (κ3) is 4.17. The van der Waals surface area contributed by atoms with Crippen LogP contribution >= 0.6 is 0 Å². The maximum atomic E-state index is 13.2. The van der Waals surface area contributed by atoms with Crippen LogP contribution in [0.2, 0.25) is 0 Å². The summed E-state index contributed by atoms with van der Waals surface area (Å²) in [7, 11) is 4.54. The highest BCUT2D eigenvalue weighted by atomic mass is 16.5. The van der Waals surface area contributed by atoms with E-state index in [0.717, 1.165) is 5.56 Å². The van der Waals surface area contributed by atoms with Gasteiger partial charge in [-0.2, -0.15) is 0 Å². The molecule has 1 aromatic heterocycles. The number of amides is 1. The lowest BCUT2D eigenvalue weighted by Gasteiger charge is -2.25. The zero-order valence-electron chi connectivity index (χ0n) is 19.0. The number of hydrogen-bond donors (Lipinski definition) is 1. The fourth-order valence-corrected chi connectivity index (χ4v) is 4.00. The predicted octanol–water partition coefficient (Wildman–Crippen LogP) is 3.73. The van der Waals surface area contributed by atoms with Crippen LogP contribution in [0.4, 0.5) is 0 Å². The second-order valence-electron chi connectivity index (χ2n) is 7.63. The summed E-state index contributed by atoms with van der Waals surface area (Å²) < 4.78 is 15.8. The van der Waals surface area contributed by atoms with E-state index < -0.39 is 17.7 Å². The fraction of sp³-hybridized carbons (Fsp3) is 0.192. The van der Waals surface area contributed by atoms with Crippen LogP contribution in [0.3, 0.4) is 0 Å². The van der Waals surface area contributed by atoms with Gasteiger partial charge in [0, 0.05) is 24.5 Å². The molecule has 1 atom stereocenters. The van der Waals surface area contributed by atoms with Crippen LogP contribution in [-0.2, 0) is 16.1 Å². The lowest BCUT2D eigenvalue weighted by molar-refractivity contribution is -0.140. The van der Waals surface area contributed by atoms with Crippen molar-refractivity contribution in [3.63, 3.8) is 0 Å². The van der Waals surface area contributed by atoms with Gasteiger partial charge in [-0.1, -0.05) is 18.2 Å². The molecular weight excluding hydrogens is 436 g/mol. The van der Waals surface area contributed by atoms with Crippen molar-refractivity contribution in [2.75, 3.05) is 21.3 Å². The normalized spacial score (nSPS) is 17.0. The summed E-state index contributed by atoms with van der Waals surface area (Å²) >= 11 is 0. The van der Waals surface area contributed by atoms with Crippen molar-refractivity contribution in [1.82, 2.24) is 9.88 Å². The number of aliphatic hydroxyl groups excluding tert-OH is 1. The number of aromatic nitrogens is 1. The molecule has 0 spiro atoms. The van der Waals surface area contributed by atoms with Crippen molar-refractivity contribution in [2.45, 2.75) is 12.6 Å². The first kappa shape index (κ1) is 22.8. The van der Waals surface area contributed by atoms with Crippen molar-refractivity contribution in [2.24, 2.45) is 0 Å². The minimum Gasteiger partial charge on any atom is -0.507 e. The first-order valence-corrected chi connectivity index (χ1v) is 10.5. The molecule has 0 radical (unpaired) electrons. The van der Waals surface area contributed by atoms with E-state index in [1.165, 1.54) is 19.1 Å². The molecule has 0 aliphatic carbocycles. The average molecular weight is 460 g/mol. The molecule has 0 saturated carbocycles. The lowest BCUT2D eigenvalue weighted by atomic mass is 9.95. The Morgan fingerprint density at radius 3 is 2.32 bits per heavy atom. The van der Waals surface area contributed by atoms with E-state index in [1.54, 1.807) is 68.0 Å². The molecule has 1 saturated heterocycles. The fourth-order valence-electron chi connectivity index (χ4n) is 4.00. The Morgan fingerprint density at radius 2 is 1.71 bits per heavy atom. The first-order chi connectivity index (χ1) is 16.5. The second-order valence-corrected chi connectivity index (χ2v) is 7.63. The number of ether oxygens (including phenoxy) is 3.